The molecule has 1 aromatic carbocycles. The van der Waals surface area contributed by atoms with Crippen molar-refractivity contribution in [3.63, 3.8) is 0 Å². The van der Waals surface area contributed by atoms with Crippen LogP contribution in [0.25, 0.3) is 22.3 Å². The van der Waals surface area contributed by atoms with Gasteiger partial charge in [0.1, 0.15) is 5.65 Å². The van der Waals surface area contributed by atoms with Crippen LogP contribution in [0.2, 0.25) is 0 Å². The lowest BCUT2D eigenvalue weighted by molar-refractivity contribution is 0.790. The van der Waals surface area contributed by atoms with Crippen LogP contribution < -0.4 is 11.2 Å². The SMILES string of the molecule is Cc1cc(-c2ccccc2)nc2[nH]c(=O)n(C)c(=O)c12. The van der Waals surface area contributed by atoms with E-state index in [4.69, 9.17) is 0 Å². The van der Waals surface area contributed by atoms with E-state index in [0.717, 1.165) is 21.4 Å². The molecule has 0 aliphatic carbocycles. The maximum atomic E-state index is 12.1. The topological polar surface area (TPSA) is 67.8 Å². The van der Waals surface area contributed by atoms with Gasteiger partial charge >= 0.3 is 5.69 Å². The molecule has 1 N–H and O–H groups in total. The summed E-state index contributed by atoms with van der Waals surface area (Å²) in [6.45, 7) is 1.84. The van der Waals surface area contributed by atoms with E-state index in [1.54, 1.807) is 0 Å². The molecule has 2 heterocycles. The Morgan fingerprint density at radius 3 is 2.55 bits per heavy atom. The van der Waals surface area contributed by atoms with Crippen molar-refractivity contribution in [2.24, 2.45) is 7.05 Å². The number of pyridine rings is 1. The van der Waals surface area contributed by atoms with Crippen LogP contribution in [0, 0.1) is 6.92 Å². The third-order valence-electron chi connectivity index (χ3n) is 3.33. The molecule has 0 aliphatic rings. The molecule has 5 heteroatoms. The molecule has 0 aliphatic heterocycles. The van der Waals surface area contributed by atoms with E-state index in [2.05, 4.69) is 9.97 Å². The summed E-state index contributed by atoms with van der Waals surface area (Å²) in [5.41, 5.74) is 2.02. The third kappa shape index (κ3) is 1.84. The van der Waals surface area contributed by atoms with E-state index in [0.29, 0.717) is 11.0 Å². The third-order valence-corrected chi connectivity index (χ3v) is 3.33. The van der Waals surface area contributed by atoms with Crippen LogP contribution in [0.15, 0.2) is 46.0 Å². The van der Waals surface area contributed by atoms with Crippen LogP contribution >= 0.6 is 0 Å². The van der Waals surface area contributed by atoms with Gasteiger partial charge in [0.25, 0.3) is 5.56 Å². The summed E-state index contributed by atoms with van der Waals surface area (Å²) < 4.78 is 1.05. The van der Waals surface area contributed by atoms with E-state index in [1.165, 1.54) is 7.05 Å². The molecular formula is C15H13N3O2. The van der Waals surface area contributed by atoms with Gasteiger partial charge in [-0.3, -0.25) is 14.3 Å². The summed E-state index contributed by atoms with van der Waals surface area (Å²) in [5.74, 6) is 0. The molecule has 20 heavy (non-hydrogen) atoms. The number of nitrogens with zero attached hydrogens (tertiary/aromatic N) is 2. The highest BCUT2D eigenvalue weighted by atomic mass is 16.2. The lowest BCUT2D eigenvalue weighted by atomic mass is 10.1. The van der Waals surface area contributed by atoms with Crippen LogP contribution in [0.4, 0.5) is 0 Å². The summed E-state index contributed by atoms with van der Waals surface area (Å²) in [4.78, 5) is 30.8. The second kappa shape index (κ2) is 4.45. The highest BCUT2D eigenvalue weighted by Crippen LogP contribution is 2.20. The summed E-state index contributed by atoms with van der Waals surface area (Å²) in [6, 6.07) is 11.5. The minimum atomic E-state index is -0.459. The highest BCUT2D eigenvalue weighted by Gasteiger charge is 2.11. The van der Waals surface area contributed by atoms with E-state index >= 15 is 0 Å². The quantitative estimate of drug-likeness (QED) is 0.728. The molecule has 0 saturated heterocycles. The molecular weight excluding hydrogens is 254 g/mol. The first-order chi connectivity index (χ1) is 9.58. The van der Waals surface area contributed by atoms with Crippen molar-refractivity contribution in [3.8, 4) is 11.3 Å². The fraction of sp³-hybridized carbons (Fsp3) is 0.133. The van der Waals surface area contributed by atoms with Crippen molar-refractivity contribution in [1.82, 2.24) is 14.5 Å². The lowest BCUT2D eigenvalue weighted by Gasteiger charge is -2.07. The second-order valence-electron chi connectivity index (χ2n) is 4.71. The zero-order valence-corrected chi connectivity index (χ0v) is 11.2. The minimum Gasteiger partial charge on any atom is -0.291 e. The van der Waals surface area contributed by atoms with Crippen molar-refractivity contribution in [2.45, 2.75) is 6.92 Å². The summed E-state index contributed by atoms with van der Waals surface area (Å²) >= 11 is 0. The molecule has 0 spiro atoms. The summed E-state index contributed by atoms with van der Waals surface area (Å²) in [7, 11) is 1.45. The maximum Gasteiger partial charge on any atom is 0.329 e. The number of hydrogen-bond acceptors (Lipinski definition) is 3. The number of hydrogen-bond donors (Lipinski definition) is 1. The molecule has 3 aromatic rings. The molecule has 100 valence electrons. The Labute approximate surface area is 114 Å². The number of aromatic amines is 1. The van der Waals surface area contributed by atoms with Gasteiger partial charge in [0.05, 0.1) is 11.1 Å². The number of aromatic nitrogens is 3. The predicted molar refractivity (Wildman–Crippen MR) is 77.8 cm³/mol. The smallest absolute Gasteiger partial charge is 0.291 e. The molecule has 0 unspecified atom stereocenters. The van der Waals surface area contributed by atoms with Crippen molar-refractivity contribution >= 4 is 11.0 Å². The molecule has 0 amide bonds. The van der Waals surface area contributed by atoms with Gasteiger partial charge in [-0.1, -0.05) is 30.3 Å². The molecule has 0 atom stereocenters. The number of nitrogens with one attached hydrogen (secondary N) is 1. The van der Waals surface area contributed by atoms with Gasteiger partial charge in [-0.05, 0) is 18.6 Å². The molecule has 5 nitrogen and oxygen atoms in total. The molecule has 3 rings (SSSR count). The first-order valence-electron chi connectivity index (χ1n) is 6.24. The molecule has 0 radical (unpaired) electrons. The van der Waals surface area contributed by atoms with Crippen molar-refractivity contribution < 1.29 is 0 Å². The van der Waals surface area contributed by atoms with E-state index in [1.807, 2.05) is 43.3 Å². The van der Waals surface area contributed by atoms with Crippen LogP contribution in [-0.4, -0.2) is 14.5 Å². The first-order valence-corrected chi connectivity index (χ1v) is 6.24. The number of fused-ring (bicyclic) bond motifs is 1. The molecule has 0 fully saturated rings. The average Bonchev–Trinajstić information content (AvgIpc) is 2.45. The van der Waals surface area contributed by atoms with Gasteiger partial charge in [0.15, 0.2) is 0 Å². The standard InChI is InChI=1S/C15H13N3O2/c1-9-8-11(10-6-4-3-5-7-10)16-13-12(9)14(19)18(2)15(20)17-13/h3-8H,1-2H3,(H,16,17,20). The Hall–Kier alpha value is -2.69. The second-order valence-corrected chi connectivity index (χ2v) is 4.71. The normalized spacial score (nSPS) is 10.9. The van der Waals surface area contributed by atoms with Crippen molar-refractivity contribution in [1.29, 1.82) is 0 Å². The monoisotopic (exact) mass is 267 g/mol. The number of aryl methyl sites for hydroxylation is 1. The highest BCUT2D eigenvalue weighted by molar-refractivity contribution is 5.81. The molecule has 0 bridgehead atoms. The number of H-pyrrole nitrogens is 1. The number of benzene rings is 1. The van der Waals surface area contributed by atoms with Crippen LogP contribution in [0.1, 0.15) is 5.56 Å². The van der Waals surface area contributed by atoms with E-state index in [-0.39, 0.29) is 5.56 Å². The summed E-state index contributed by atoms with van der Waals surface area (Å²) in [5, 5.41) is 0.451. The fourth-order valence-corrected chi connectivity index (χ4v) is 2.23. The van der Waals surface area contributed by atoms with Gasteiger partial charge in [0.2, 0.25) is 0 Å². The Kier molecular flexibility index (Phi) is 2.75. The largest absolute Gasteiger partial charge is 0.329 e. The molecule has 0 saturated carbocycles. The van der Waals surface area contributed by atoms with Gasteiger partial charge in [0, 0.05) is 12.6 Å². The fourth-order valence-electron chi connectivity index (χ4n) is 2.23. The zero-order chi connectivity index (χ0) is 14.3. The Balaban J connectivity index is 2.39. The summed E-state index contributed by atoms with van der Waals surface area (Å²) in [6.07, 6.45) is 0. The Morgan fingerprint density at radius 2 is 1.85 bits per heavy atom. The molecule has 2 aromatic heterocycles. The average molecular weight is 267 g/mol. The van der Waals surface area contributed by atoms with Crippen molar-refractivity contribution in [2.75, 3.05) is 0 Å². The van der Waals surface area contributed by atoms with Gasteiger partial charge < -0.3 is 0 Å². The number of rotatable bonds is 1. The van der Waals surface area contributed by atoms with Gasteiger partial charge in [-0.25, -0.2) is 9.78 Å². The first kappa shape index (κ1) is 12.3. The minimum absolute atomic E-state index is 0.326. The Morgan fingerprint density at radius 1 is 1.15 bits per heavy atom. The predicted octanol–water partition coefficient (Wildman–Crippen LogP) is 1.60. The zero-order valence-electron chi connectivity index (χ0n) is 11.2. The van der Waals surface area contributed by atoms with Gasteiger partial charge in [-0.2, -0.15) is 0 Å². The van der Waals surface area contributed by atoms with E-state index in [9.17, 15) is 9.59 Å². The lowest BCUT2D eigenvalue weighted by Crippen LogP contribution is -2.33. The van der Waals surface area contributed by atoms with Crippen molar-refractivity contribution in [3.05, 3.63) is 62.8 Å². The Bertz CT molecular complexity index is 908. The van der Waals surface area contributed by atoms with E-state index < -0.39 is 5.69 Å². The van der Waals surface area contributed by atoms with Crippen LogP contribution in [0.5, 0.6) is 0 Å². The maximum absolute atomic E-state index is 12.1. The van der Waals surface area contributed by atoms with Crippen LogP contribution in [0.3, 0.4) is 0 Å². The van der Waals surface area contributed by atoms with Crippen LogP contribution in [-0.2, 0) is 7.05 Å². The van der Waals surface area contributed by atoms with Gasteiger partial charge in [-0.15, -0.1) is 0 Å².